The second-order valence-electron chi connectivity index (χ2n) is 5.21. The molecule has 0 aliphatic heterocycles. The Balaban J connectivity index is 0.00000484. The van der Waals surface area contributed by atoms with Crippen molar-refractivity contribution in [3.05, 3.63) is 35.1 Å². The molecule has 4 nitrogen and oxygen atoms in total. The van der Waals surface area contributed by atoms with E-state index in [9.17, 15) is 4.39 Å². The molecule has 0 saturated carbocycles. The van der Waals surface area contributed by atoms with E-state index in [0.717, 1.165) is 56.0 Å². The monoisotopic (exact) mass is 437 g/mol. The molecular weight excluding hydrogens is 408 g/mol. The molecule has 132 valence electrons. The quantitative estimate of drug-likeness (QED) is 0.270. The summed E-state index contributed by atoms with van der Waals surface area (Å²) in [6, 6.07) is 4.91. The molecule has 0 saturated heterocycles. The lowest BCUT2D eigenvalue weighted by Crippen LogP contribution is -2.39. The molecule has 0 aliphatic carbocycles. The summed E-state index contributed by atoms with van der Waals surface area (Å²) >= 11 is 0. The van der Waals surface area contributed by atoms with Crippen molar-refractivity contribution in [1.29, 1.82) is 0 Å². The minimum absolute atomic E-state index is 0. The molecule has 1 aromatic carbocycles. The Kier molecular flexibility index (Phi) is 13.0. The zero-order chi connectivity index (χ0) is 16.2. The fraction of sp³-hybridized carbons (Fsp3) is 0.588. The zero-order valence-electron chi connectivity index (χ0n) is 14.3. The maximum absolute atomic E-state index is 13.0. The van der Waals surface area contributed by atoms with E-state index in [1.165, 1.54) is 6.07 Å². The standard InChI is InChI=1S/C17H28FN3O.HI/c1-4-5-11-22-12-10-21-17(19-3)20-9-8-15-6-7-16(18)13-14(15)2;/h6-7,13H,4-5,8-12H2,1-3H3,(H2,19,20,21);1H. The van der Waals surface area contributed by atoms with Crippen LogP contribution in [0.1, 0.15) is 30.9 Å². The van der Waals surface area contributed by atoms with E-state index in [4.69, 9.17) is 4.74 Å². The molecule has 6 heteroatoms. The number of rotatable bonds is 9. The number of aliphatic imine (C=N–C) groups is 1. The summed E-state index contributed by atoms with van der Waals surface area (Å²) in [5.74, 6) is 0.577. The Bertz CT molecular complexity index is 469. The molecule has 0 bridgehead atoms. The van der Waals surface area contributed by atoms with Crippen molar-refractivity contribution in [2.45, 2.75) is 33.1 Å². The van der Waals surface area contributed by atoms with E-state index < -0.39 is 0 Å². The number of unbranched alkanes of at least 4 members (excludes halogenated alkanes) is 1. The highest BCUT2D eigenvalue weighted by molar-refractivity contribution is 14.0. The number of benzene rings is 1. The highest BCUT2D eigenvalue weighted by atomic mass is 127. The summed E-state index contributed by atoms with van der Waals surface area (Å²) in [5, 5.41) is 6.46. The van der Waals surface area contributed by atoms with Crippen molar-refractivity contribution in [1.82, 2.24) is 10.6 Å². The Morgan fingerprint density at radius 2 is 1.96 bits per heavy atom. The number of nitrogens with zero attached hydrogens (tertiary/aromatic N) is 1. The fourth-order valence-corrected chi connectivity index (χ4v) is 2.07. The van der Waals surface area contributed by atoms with Gasteiger partial charge in [-0.2, -0.15) is 0 Å². The normalized spacial score (nSPS) is 11.0. The van der Waals surface area contributed by atoms with E-state index >= 15 is 0 Å². The molecule has 0 aromatic heterocycles. The van der Waals surface area contributed by atoms with Gasteiger partial charge in [0.1, 0.15) is 5.82 Å². The summed E-state index contributed by atoms with van der Waals surface area (Å²) in [5.41, 5.74) is 2.13. The zero-order valence-corrected chi connectivity index (χ0v) is 16.7. The van der Waals surface area contributed by atoms with Crippen molar-refractivity contribution in [3.8, 4) is 0 Å². The molecule has 23 heavy (non-hydrogen) atoms. The Morgan fingerprint density at radius 3 is 2.61 bits per heavy atom. The molecule has 0 amide bonds. The van der Waals surface area contributed by atoms with Crippen LogP contribution in [0.3, 0.4) is 0 Å². The number of ether oxygens (including phenoxy) is 1. The van der Waals surface area contributed by atoms with Crippen molar-refractivity contribution >= 4 is 29.9 Å². The van der Waals surface area contributed by atoms with Gasteiger partial charge >= 0.3 is 0 Å². The molecule has 1 aromatic rings. The average Bonchev–Trinajstić information content (AvgIpc) is 2.50. The van der Waals surface area contributed by atoms with Crippen LogP contribution in [0, 0.1) is 12.7 Å². The summed E-state index contributed by atoms with van der Waals surface area (Å²) in [6.45, 7) is 7.06. The van der Waals surface area contributed by atoms with Crippen molar-refractivity contribution < 1.29 is 9.13 Å². The number of hydrogen-bond donors (Lipinski definition) is 2. The first-order chi connectivity index (χ1) is 10.7. The van der Waals surface area contributed by atoms with E-state index in [0.29, 0.717) is 6.61 Å². The van der Waals surface area contributed by atoms with Crippen LogP contribution in [0.25, 0.3) is 0 Å². The van der Waals surface area contributed by atoms with Crippen LogP contribution in [0.2, 0.25) is 0 Å². The van der Waals surface area contributed by atoms with Gasteiger partial charge in [-0.15, -0.1) is 24.0 Å². The molecule has 0 aliphatic rings. The lowest BCUT2D eigenvalue weighted by Gasteiger charge is -2.13. The smallest absolute Gasteiger partial charge is 0.191 e. The first-order valence-electron chi connectivity index (χ1n) is 7.94. The lowest BCUT2D eigenvalue weighted by atomic mass is 10.1. The van der Waals surface area contributed by atoms with Crippen LogP contribution >= 0.6 is 24.0 Å². The Hall–Kier alpha value is -0.890. The number of aryl methyl sites for hydroxylation is 1. The van der Waals surface area contributed by atoms with Gasteiger partial charge in [-0.3, -0.25) is 4.99 Å². The van der Waals surface area contributed by atoms with Crippen LogP contribution in [0.15, 0.2) is 23.2 Å². The van der Waals surface area contributed by atoms with Crippen LogP contribution in [-0.2, 0) is 11.2 Å². The second kappa shape index (κ2) is 13.5. The van der Waals surface area contributed by atoms with Gasteiger partial charge in [-0.25, -0.2) is 4.39 Å². The topological polar surface area (TPSA) is 45.6 Å². The molecule has 2 N–H and O–H groups in total. The Labute approximate surface area is 156 Å². The van der Waals surface area contributed by atoms with Gasteiger partial charge in [-0.05, 0) is 43.0 Å². The minimum Gasteiger partial charge on any atom is -0.380 e. The molecule has 0 fully saturated rings. The van der Waals surface area contributed by atoms with Crippen LogP contribution in [0.4, 0.5) is 4.39 Å². The highest BCUT2D eigenvalue weighted by Crippen LogP contribution is 2.10. The maximum atomic E-state index is 13.0. The second-order valence-corrected chi connectivity index (χ2v) is 5.21. The van der Waals surface area contributed by atoms with Crippen LogP contribution < -0.4 is 10.6 Å². The number of guanidine groups is 1. The summed E-state index contributed by atoms with van der Waals surface area (Å²) in [4.78, 5) is 4.17. The maximum Gasteiger partial charge on any atom is 0.191 e. The molecule has 0 radical (unpaired) electrons. The van der Waals surface area contributed by atoms with Gasteiger partial charge in [-0.1, -0.05) is 19.4 Å². The first-order valence-corrected chi connectivity index (χ1v) is 7.94. The summed E-state index contributed by atoms with van der Waals surface area (Å²) < 4.78 is 18.5. The van der Waals surface area contributed by atoms with E-state index in [1.54, 1.807) is 13.1 Å². The van der Waals surface area contributed by atoms with Gasteiger partial charge in [0.15, 0.2) is 5.96 Å². The van der Waals surface area contributed by atoms with E-state index in [2.05, 4.69) is 22.5 Å². The minimum atomic E-state index is -0.185. The van der Waals surface area contributed by atoms with Crippen LogP contribution in [0.5, 0.6) is 0 Å². The van der Waals surface area contributed by atoms with Crippen molar-refractivity contribution in [3.63, 3.8) is 0 Å². The summed E-state index contributed by atoms with van der Waals surface area (Å²) in [6.07, 6.45) is 3.09. The van der Waals surface area contributed by atoms with E-state index in [1.807, 2.05) is 13.0 Å². The Morgan fingerprint density at radius 1 is 1.22 bits per heavy atom. The molecule has 1 rings (SSSR count). The summed E-state index contributed by atoms with van der Waals surface area (Å²) in [7, 11) is 1.75. The fourth-order valence-electron chi connectivity index (χ4n) is 2.07. The average molecular weight is 437 g/mol. The third-order valence-corrected chi connectivity index (χ3v) is 3.40. The highest BCUT2D eigenvalue weighted by Gasteiger charge is 2.01. The molecular formula is C17H29FIN3O. The first kappa shape index (κ1) is 22.1. The van der Waals surface area contributed by atoms with E-state index in [-0.39, 0.29) is 29.8 Å². The van der Waals surface area contributed by atoms with Crippen LogP contribution in [-0.4, -0.2) is 39.3 Å². The van der Waals surface area contributed by atoms with Gasteiger partial charge in [0.05, 0.1) is 6.61 Å². The van der Waals surface area contributed by atoms with Gasteiger partial charge in [0.2, 0.25) is 0 Å². The number of halogens is 2. The predicted molar refractivity (Wildman–Crippen MR) is 105 cm³/mol. The van der Waals surface area contributed by atoms with Gasteiger partial charge < -0.3 is 15.4 Å². The third kappa shape index (κ3) is 9.76. The molecule has 0 atom stereocenters. The number of hydrogen-bond acceptors (Lipinski definition) is 2. The van der Waals surface area contributed by atoms with Gasteiger partial charge in [0.25, 0.3) is 0 Å². The van der Waals surface area contributed by atoms with Crippen molar-refractivity contribution in [2.24, 2.45) is 4.99 Å². The lowest BCUT2D eigenvalue weighted by molar-refractivity contribution is 0.136. The predicted octanol–water partition coefficient (Wildman–Crippen LogP) is 3.28. The largest absolute Gasteiger partial charge is 0.380 e. The third-order valence-electron chi connectivity index (χ3n) is 3.40. The molecule has 0 unspecified atom stereocenters. The number of nitrogens with one attached hydrogen (secondary N) is 2. The SMILES string of the molecule is CCCCOCCNC(=NC)NCCc1ccc(F)cc1C.I. The van der Waals surface area contributed by atoms with Crippen molar-refractivity contribution in [2.75, 3.05) is 33.4 Å². The molecule has 0 heterocycles. The van der Waals surface area contributed by atoms with Gasteiger partial charge in [0, 0.05) is 26.7 Å². The molecule has 0 spiro atoms.